The molecule has 0 spiro atoms. The predicted molar refractivity (Wildman–Crippen MR) is 40.1 cm³/mol. The molecule has 0 fully saturated rings. The molecule has 0 saturated heterocycles. The Labute approximate surface area is 68.9 Å². The van der Waals surface area contributed by atoms with Crippen LogP contribution in [0.15, 0.2) is 12.1 Å². The summed E-state index contributed by atoms with van der Waals surface area (Å²) in [6, 6.07) is 2.20. The highest BCUT2D eigenvalue weighted by Crippen LogP contribution is 2.14. The summed E-state index contributed by atoms with van der Waals surface area (Å²) in [4.78, 5) is 4.31. The molecular formula is C8H9F2NO. The zero-order valence-electron chi connectivity index (χ0n) is 6.60. The van der Waals surface area contributed by atoms with Gasteiger partial charge in [0.2, 0.25) is 0 Å². The minimum absolute atomic E-state index is 0.0863. The number of hydrogen-bond donors (Lipinski definition) is 1. The SMILES string of the molecule is Cc1cc(F)c(F)cc1CON. The van der Waals surface area contributed by atoms with Gasteiger partial charge in [0.05, 0.1) is 6.61 Å². The molecule has 0 radical (unpaired) electrons. The Hall–Kier alpha value is -1.00. The summed E-state index contributed by atoms with van der Waals surface area (Å²) in [7, 11) is 0. The fourth-order valence-electron chi connectivity index (χ4n) is 0.933. The highest BCUT2D eigenvalue weighted by atomic mass is 19.2. The topological polar surface area (TPSA) is 35.2 Å². The van der Waals surface area contributed by atoms with Gasteiger partial charge in [0.15, 0.2) is 11.6 Å². The van der Waals surface area contributed by atoms with Crippen LogP contribution >= 0.6 is 0 Å². The van der Waals surface area contributed by atoms with Gasteiger partial charge in [-0.2, -0.15) is 0 Å². The Morgan fingerprint density at radius 1 is 1.33 bits per heavy atom. The molecule has 2 nitrogen and oxygen atoms in total. The third-order valence-corrected chi connectivity index (χ3v) is 1.62. The first kappa shape index (κ1) is 9.09. The molecule has 1 aromatic rings. The minimum Gasteiger partial charge on any atom is -0.300 e. The van der Waals surface area contributed by atoms with Crippen molar-refractivity contribution in [2.45, 2.75) is 13.5 Å². The van der Waals surface area contributed by atoms with Crippen molar-refractivity contribution in [3.8, 4) is 0 Å². The van der Waals surface area contributed by atoms with Crippen molar-refractivity contribution in [3.63, 3.8) is 0 Å². The maximum atomic E-state index is 12.6. The number of halogens is 2. The number of hydrogen-bond acceptors (Lipinski definition) is 2. The van der Waals surface area contributed by atoms with Crippen molar-refractivity contribution in [1.82, 2.24) is 0 Å². The largest absolute Gasteiger partial charge is 0.300 e. The average molecular weight is 173 g/mol. The summed E-state index contributed by atoms with van der Waals surface area (Å²) in [5, 5.41) is 0. The number of nitrogens with two attached hydrogens (primary N) is 1. The molecule has 0 bridgehead atoms. The monoisotopic (exact) mass is 173 g/mol. The van der Waals surface area contributed by atoms with Crippen molar-refractivity contribution >= 4 is 0 Å². The third kappa shape index (κ3) is 1.78. The normalized spacial score (nSPS) is 10.3. The summed E-state index contributed by atoms with van der Waals surface area (Å²) in [5.41, 5.74) is 1.18. The lowest BCUT2D eigenvalue weighted by Crippen LogP contribution is -2.02. The third-order valence-electron chi connectivity index (χ3n) is 1.62. The number of aryl methyl sites for hydroxylation is 1. The Bertz CT molecular complexity index is 289. The lowest BCUT2D eigenvalue weighted by Gasteiger charge is -2.04. The second-order valence-electron chi connectivity index (χ2n) is 2.50. The van der Waals surface area contributed by atoms with Gasteiger partial charge < -0.3 is 0 Å². The molecule has 0 aromatic heterocycles. The quantitative estimate of drug-likeness (QED) is 0.690. The van der Waals surface area contributed by atoms with Gasteiger partial charge in [-0.25, -0.2) is 14.7 Å². The fraction of sp³-hybridized carbons (Fsp3) is 0.250. The average Bonchev–Trinajstić information content (AvgIpc) is 2.01. The van der Waals surface area contributed by atoms with E-state index in [2.05, 4.69) is 4.84 Å². The van der Waals surface area contributed by atoms with E-state index in [0.717, 1.165) is 12.1 Å². The van der Waals surface area contributed by atoms with E-state index in [9.17, 15) is 8.78 Å². The summed E-state index contributed by atoms with van der Waals surface area (Å²) in [6.45, 7) is 1.75. The molecule has 0 heterocycles. The predicted octanol–water partition coefficient (Wildman–Crippen LogP) is 1.66. The van der Waals surface area contributed by atoms with Crippen LogP contribution in [0.25, 0.3) is 0 Å². The van der Waals surface area contributed by atoms with E-state index < -0.39 is 11.6 Å². The first-order valence-corrected chi connectivity index (χ1v) is 3.41. The maximum absolute atomic E-state index is 12.6. The summed E-state index contributed by atoms with van der Waals surface area (Å²) < 4.78 is 25.2. The highest BCUT2D eigenvalue weighted by molar-refractivity contribution is 5.26. The van der Waals surface area contributed by atoms with E-state index in [1.807, 2.05) is 0 Å². The Kier molecular flexibility index (Phi) is 2.73. The van der Waals surface area contributed by atoms with Crippen molar-refractivity contribution in [2.24, 2.45) is 5.90 Å². The van der Waals surface area contributed by atoms with Crippen LogP contribution in [0.4, 0.5) is 8.78 Å². The number of rotatable bonds is 2. The molecule has 0 aliphatic rings. The second-order valence-corrected chi connectivity index (χ2v) is 2.50. The summed E-state index contributed by atoms with van der Waals surface area (Å²) >= 11 is 0. The molecule has 66 valence electrons. The summed E-state index contributed by atoms with van der Waals surface area (Å²) in [6.07, 6.45) is 0. The van der Waals surface area contributed by atoms with Gasteiger partial charge in [0.25, 0.3) is 0 Å². The van der Waals surface area contributed by atoms with Crippen LogP contribution in [-0.2, 0) is 11.4 Å². The van der Waals surface area contributed by atoms with Crippen molar-refractivity contribution in [2.75, 3.05) is 0 Å². The van der Waals surface area contributed by atoms with E-state index in [1.165, 1.54) is 0 Å². The Morgan fingerprint density at radius 2 is 1.92 bits per heavy atom. The zero-order chi connectivity index (χ0) is 9.14. The van der Waals surface area contributed by atoms with Gasteiger partial charge in [0, 0.05) is 0 Å². The van der Waals surface area contributed by atoms with Crippen LogP contribution in [0.3, 0.4) is 0 Å². The molecular weight excluding hydrogens is 164 g/mol. The molecule has 0 aliphatic heterocycles. The van der Waals surface area contributed by atoms with Crippen LogP contribution < -0.4 is 5.90 Å². The number of benzene rings is 1. The van der Waals surface area contributed by atoms with E-state index >= 15 is 0 Å². The zero-order valence-corrected chi connectivity index (χ0v) is 6.60. The van der Waals surface area contributed by atoms with Gasteiger partial charge in [-0.3, -0.25) is 4.84 Å². The van der Waals surface area contributed by atoms with Crippen LogP contribution in [0.1, 0.15) is 11.1 Å². The van der Waals surface area contributed by atoms with Gasteiger partial charge in [-0.15, -0.1) is 0 Å². The van der Waals surface area contributed by atoms with Gasteiger partial charge in [0.1, 0.15) is 0 Å². The van der Waals surface area contributed by atoms with Gasteiger partial charge in [-0.05, 0) is 30.2 Å². The molecule has 0 saturated carbocycles. The minimum atomic E-state index is -0.882. The molecule has 0 aliphatic carbocycles. The van der Waals surface area contributed by atoms with Crippen molar-refractivity contribution in [1.29, 1.82) is 0 Å². The maximum Gasteiger partial charge on any atom is 0.159 e. The first-order chi connectivity index (χ1) is 5.65. The molecule has 1 rings (SSSR count). The molecule has 1 aromatic carbocycles. The lowest BCUT2D eigenvalue weighted by molar-refractivity contribution is 0.123. The molecule has 12 heavy (non-hydrogen) atoms. The van der Waals surface area contributed by atoms with Crippen molar-refractivity contribution in [3.05, 3.63) is 34.9 Å². The van der Waals surface area contributed by atoms with Gasteiger partial charge in [-0.1, -0.05) is 0 Å². The summed E-state index contributed by atoms with van der Waals surface area (Å²) in [5.74, 6) is 3.07. The standard InChI is InChI=1S/C8H9F2NO/c1-5-2-7(9)8(10)3-6(5)4-12-11/h2-3H,4,11H2,1H3. The fourth-order valence-corrected chi connectivity index (χ4v) is 0.933. The van der Waals surface area contributed by atoms with Crippen LogP contribution in [-0.4, -0.2) is 0 Å². The highest BCUT2D eigenvalue weighted by Gasteiger charge is 2.05. The molecule has 4 heteroatoms. The van der Waals surface area contributed by atoms with Crippen LogP contribution in [0, 0.1) is 18.6 Å². The first-order valence-electron chi connectivity index (χ1n) is 3.41. The van der Waals surface area contributed by atoms with Gasteiger partial charge >= 0.3 is 0 Å². The Balaban J connectivity index is 3.05. The Morgan fingerprint density at radius 3 is 2.50 bits per heavy atom. The van der Waals surface area contributed by atoms with Crippen LogP contribution in [0.2, 0.25) is 0 Å². The molecule has 0 atom stereocenters. The van der Waals surface area contributed by atoms with E-state index in [-0.39, 0.29) is 6.61 Å². The molecule has 0 unspecified atom stereocenters. The van der Waals surface area contributed by atoms with E-state index in [0.29, 0.717) is 11.1 Å². The lowest BCUT2D eigenvalue weighted by atomic mass is 10.1. The molecule has 2 N–H and O–H groups in total. The second kappa shape index (κ2) is 3.60. The van der Waals surface area contributed by atoms with E-state index in [1.54, 1.807) is 6.92 Å². The van der Waals surface area contributed by atoms with E-state index in [4.69, 9.17) is 5.90 Å². The van der Waals surface area contributed by atoms with Crippen molar-refractivity contribution < 1.29 is 13.6 Å². The smallest absolute Gasteiger partial charge is 0.159 e. The molecule has 0 amide bonds. The van der Waals surface area contributed by atoms with Crippen LogP contribution in [0.5, 0.6) is 0 Å².